The predicted molar refractivity (Wildman–Crippen MR) is 87.3 cm³/mol. The molecule has 0 unspecified atom stereocenters. The zero-order valence-electron chi connectivity index (χ0n) is 13.2. The molecule has 3 aromatic heterocycles. The number of hydrogen-bond donors (Lipinski definition) is 1. The van der Waals surface area contributed by atoms with Crippen LogP contribution >= 0.6 is 0 Å². The molecule has 122 valence electrons. The first-order chi connectivity index (χ1) is 11.7. The molecule has 0 amide bonds. The average Bonchev–Trinajstić information content (AvgIpc) is 3.24. The first-order valence-electron chi connectivity index (χ1n) is 7.75. The molecule has 3 aromatic rings. The Kier molecular flexibility index (Phi) is 3.66. The van der Waals surface area contributed by atoms with Crippen LogP contribution in [0.2, 0.25) is 0 Å². The summed E-state index contributed by atoms with van der Waals surface area (Å²) in [6, 6.07) is 5.59. The van der Waals surface area contributed by atoms with Crippen LogP contribution in [-0.4, -0.2) is 54.2 Å². The molecule has 24 heavy (non-hydrogen) atoms. The van der Waals surface area contributed by atoms with Crippen LogP contribution in [-0.2, 0) is 0 Å². The zero-order chi connectivity index (χ0) is 16.5. The van der Waals surface area contributed by atoms with Gasteiger partial charge in [-0.15, -0.1) is 5.10 Å². The van der Waals surface area contributed by atoms with Crippen molar-refractivity contribution in [1.82, 2.24) is 29.9 Å². The molecule has 4 heterocycles. The molecule has 1 aliphatic heterocycles. The van der Waals surface area contributed by atoms with Gasteiger partial charge in [-0.3, -0.25) is 4.98 Å². The number of rotatable bonds is 3. The van der Waals surface area contributed by atoms with Crippen molar-refractivity contribution in [2.24, 2.45) is 0 Å². The van der Waals surface area contributed by atoms with Crippen molar-refractivity contribution < 1.29 is 5.11 Å². The second kappa shape index (κ2) is 5.97. The summed E-state index contributed by atoms with van der Waals surface area (Å²) in [7, 11) is 0. The van der Waals surface area contributed by atoms with Crippen molar-refractivity contribution in [3.63, 3.8) is 0 Å². The standard InChI is InChI=1S/C16H17N7O/c1-11-7-15(20-16(19-11)12-3-2-4-17-8-12)22-9-13(14(24)10-22)23-6-5-18-21-23/h2-8,13-14,24H,9-10H2,1H3/t13-,14-/m1/s1. The largest absolute Gasteiger partial charge is 0.389 e. The fourth-order valence-corrected chi connectivity index (χ4v) is 2.95. The number of aryl methyl sites for hydroxylation is 1. The van der Waals surface area contributed by atoms with E-state index in [1.165, 1.54) is 0 Å². The average molecular weight is 323 g/mol. The third kappa shape index (κ3) is 2.71. The molecule has 1 fully saturated rings. The highest BCUT2D eigenvalue weighted by Gasteiger charge is 2.34. The number of aromatic nitrogens is 6. The van der Waals surface area contributed by atoms with E-state index in [1.54, 1.807) is 29.5 Å². The first kappa shape index (κ1) is 14.7. The van der Waals surface area contributed by atoms with Crippen molar-refractivity contribution in [3.05, 3.63) is 48.7 Å². The van der Waals surface area contributed by atoms with Gasteiger partial charge in [-0.1, -0.05) is 5.21 Å². The van der Waals surface area contributed by atoms with Gasteiger partial charge in [0.25, 0.3) is 0 Å². The number of nitrogens with zero attached hydrogens (tertiary/aromatic N) is 7. The van der Waals surface area contributed by atoms with E-state index >= 15 is 0 Å². The lowest BCUT2D eigenvalue weighted by atomic mass is 10.2. The van der Waals surface area contributed by atoms with Crippen molar-refractivity contribution >= 4 is 5.82 Å². The maximum absolute atomic E-state index is 10.4. The Balaban J connectivity index is 1.64. The normalized spacial score (nSPS) is 20.5. The van der Waals surface area contributed by atoms with Crippen LogP contribution < -0.4 is 4.90 Å². The van der Waals surface area contributed by atoms with E-state index in [2.05, 4.69) is 25.3 Å². The van der Waals surface area contributed by atoms with E-state index in [9.17, 15) is 5.11 Å². The summed E-state index contributed by atoms with van der Waals surface area (Å²) in [4.78, 5) is 15.3. The van der Waals surface area contributed by atoms with Gasteiger partial charge in [0.2, 0.25) is 0 Å². The van der Waals surface area contributed by atoms with Crippen LogP contribution in [0.15, 0.2) is 43.0 Å². The van der Waals surface area contributed by atoms with Gasteiger partial charge in [0.1, 0.15) is 5.82 Å². The lowest BCUT2D eigenvalue weighted by molar-refractivity contribution is 0.144. The Morgan fingerprint density at radius 1 is 1.21 bits per heavy atom. The van der Waals surface area contributed by atoms with Gasteiger partial charge >= 0.3 is 0 Å². The van der Waals surface area contributed by atoms with Crippen molar-refractivity contribution in [3.8, 4) is 11.4 Å². The molecule has 0 spiro atoms. The molecule has 0 bridgehead atoms. The van der Waals surface area contributed by atoms with Crippen molar-refractivity contribution in [2.75, 3.05) is 18.0 Å². The molecular formula is C16H17N7O. The fourth-order valence-electron chi connectivity index (χ4n) is 2.95. The third-order valence-electron chi connectivity index (χ3n) is 4.12. The zero-order valence-corrected chi connectivity index (χ0v) is 13.2. The summed E-state index contributed by atoms with van der Waals surface area (Å²) in [6.45, 7) is 3.05. The van der Waals surface area contributed by atoms with Crippen molar-refractivity contribution in [2.45, 2.75) is 19.1 Å². The minimum absolute atomic E-state index is 0.135. The Hall–Kier alpha value is -2.87. The van der Waals surface area contributed by atoms with Crippen LogP contribution in [0.25, 0.3) is 11.4 Å². The monoisotopic (exact) mass is 323 g/mol. The highest BCUT2D eigenvalue weighted by Crippen LogP contribution is 2.27. The smallest absolute Gasteiger partial charge is 0.163 e. The number of hydrogen-bond acceptors (Lipinski definition) is 7. The molecule has 1 N–H and O–H groups in total. The van der Waals surface area contributed by atoms with E-state index < -0.39 is 6.10 Å². The van der Waals surface area contributed by atoms with E-state index in [0.717, 1.165) is 17.1 Å². The second-order valence-corrected chi connectivity index (χ2v) is 5.86. The molecule has 8 nitrogen and oxygen atoms in total. The fraction of sp³-hybridized carbons (Fsp3) is 0.312. The summed E-state index contributed by atoms with van der Waals surface area (Å²) in [5.74, 6) is 1.43. The van der Waals surface area contributed by atoms with Gasteiger partial charge in [-0.05, 0) is 19.1 Å². The SMILES string of the molecule is Cc1cc(N2C[C@@H](O)[C@H](n3ccnn3)C2)nc(-c2cccnc2)n1. The van der Waals surface area contributed by atoms with E-state index in [-0.39, 0.29) is 6.04 Å². The maximum Gasteiger partial charge on any atom is 0.163 e. The van der Waals surface area contributed by atoms with Crippen LogP contribution in [0, 0.1) is 6.92 Å². The van der Waals surface area contributed by atoms with Gasteiger partial charge < -0.3 is 10.0 Å². The van der Waals surface area contributed by atoms with E-state index in [4.69, 9.17) is 0 Å². The Labute approximate surface area is 138 Å². The molecule has 0 aromatic carbocycles. The summed E-state index contributed by atoms with van der Waals surface area (Å²) < 4.78 is 1.70. The van der Waals surface area contributed by atoms with Gasteiger partial charge in [0, 0.05) is 49.0 Å². The molecule has 0 saturated carbocycles. The quantitative estimate of drug-likeness (QED) is 0.764. The molecule has 8 heteroatoms. The minimum Gasteiger partial charge on any atom is -0.389 e. The highest BCUT2D eigenvalue weighted by molar-refractivity contribution is 5.57. The predicted octanol–water partition coefficient (Wildman–Crippen LogP) is 0.861. The molecule has 2 atom stereocenters. The van der Waals surface area contributed by atoms with E-state index in [1.807, 2.05) is 30.0 Å². The number of anilines is 1. The molecule has 0 radical (unpaired) electrons. The number of β-amino-alcohol motifs (C(OH)–C–C–N with tert-alkyl or cyclic N) is 1. The maximum atomic E-state index is 10.4. The number of aliphatic hydroxyl groups excluding tert-OH is 1. The lowest BCUT2D eigenvalue weighted by Crippen LogP contribution is -2.22. The van der Waals surface area contributed by atoms with Gasteiger partial charge in [-0.2, -0.15) is 0 Å². The first-order valence-corrected chi connectivity index (χ1v) is 7.75. The Morgan fingerprint density at radius 3 is 2.88 bits per heavy atom. The lowest BCUT2D eigenvalue weighted by Gasteiger charge is -2.18. The summed E-state index contributed by atoms with van der Waals surface area (Å²) in [6.07, 6.45) is 6.33. The van der Waals surface area contributed by atoms with Crippen LogP contribution in [0.1, 0.15) is 11.7 Å². The summed E-state index contributed by atoms with van der Waals surface area (Å²) in [5, 5.41) is 18.2. The van der Waals surface area contributed by atoms with Crippen molar-refractivity contribution in [1.29, 1.82) is 0 Å². The summed E-state index contributed by atoms with van der Waals surface area (Å²) >= 11 is 0. The topological polar surface area (TPSA) is 92.8 Å². The molecule has 4 rings (SSSR count). The number of pyridine rings is 1. The van der Waals surface area contributed by atoms with Crippen LogP contribution in [0.5, 0.6) is 0 Å². The van der Waals surface area contributed by atoms with Gasteiger partial charge in [-0.25, -0.2) is 14.6 Å². The highest BCUT2D eigenvalue weighted by atomic mass is 16.3. The van der Waals surface area contributed by atoms with Crippen LogP contribution in [0.3, 0.4) is 0 Å². The van der Waals surface area contributed by atoms with E-state index in [0.29, 0.717) is 18.9 Å². The second-order valence-electron chi connectivity index (χ2n) is 5.86. The minimum atomic E-state index is -0.524. The number of aliphatic hydroxyl groups is 1. The summed E-state index contributed by atoms with van der Waals surface area (Å²) in [5.41, 5.74) is 1.74. The molecule has 0 aliphatic carbocycles. The van der Waals surface area contributed by atoms with Crippen LogP contribution in [0.4, 0.5) is 5.82 Å². The van der Waals surface area contributed by atoms with Gasteiger partial charge in [0.05, 0.1) is 18.3 Å². The molecule has 1 saturated heterocycles. The van der Waals surface area contributed by atoms with Gasteiger partial charge in [0.15, 0.2) is 5.82 Å². The molecular weight excluding hydrogens is 306 g/mol. The Bertz CT molecular complexity index is 822. The Morgan fingerprint density at radius 2 is 2.12 bits per heavy atom. The third-order valence-corrected chi connectivity index (χ3v) is 4.12. The molecule has 1 aliphatic rings.